The molecule has 5 rings (SSSR count). The van der Waals surface area contributed by atoms with E-state index in [9.17, 15) is 17.6 Å². The van der Waals surface area contributed by atoms with Crippen LogP contribution in [-0.4, -0.2) is 56.4 Å². The zero-order valence-corrected chi connectivity index (χ0v) is 17.8. The third-order valence-corrected chi connectivity index (χ3v) is 5.91. The van der Waals surface area contributed by atoms with E-state index in [0.717, 1.165) is 54.4 Å². The average Bonchev–Trinajstić information content (AvgIpc) is 3.48. The number of aromatic nitrogens is 3. The molecule has 0 bridgehead atoms. The second-order valence-electron chi connectivity index (χ2n) is 8.52. The monoisotopic (exact) mass is 464 g/mol. The first-order chi connectivity index (χ1) is 15.7. The lowest BCUT2D eigenvalue weighted by Crippen LogP contribution is -2.34. The Morgan fingerprint density at radius 2 is 1.76 bits per heavy atom. The van der Waals surface area contributed by atoms with E-state index in [2.05, 4.69) is 4.90 Å². The molecular weight excluding hydrogens is 440 g/mol. The number of likely N-dealkylation sites (tertiary alicyclic amines) is 1. The summed E-state index contributed by atoms with van der Waals surface area (Å²) in [4.78, 5) is 16.2. The Hall–Kier alpha value is -3.01. The molecule has 33 heavy (non-hydrogen) atoms. The van der Waals surface area contributed by atoms with Crippen LogP contribution in [0.2, 0.25) is 0 Å². The predicted molar refractivity (Wildman–Crippen MR) is 113 cm³/mol. The fourth-order valence-electron chi connectivity index (χ4n) is 3.95. The van der Waals surface area contributed by atoms with Gasteiger partial charge in [0.25, 0.3) is 0 Å². The van der Waals surface area contributed by atoms with E-state index in [1.54, 1.807) is 12.1 Å². The fraction of sp³-hybridized carbons (Fsp3) is 0.435. The molecule has 1 aromatic carbocycles. The molecule has 2 aliphatic rings. The zero-order chi connectivity index (χ0) is 23.6. The number of pyridine rings is 1. The first-order valence-corrected chi connectivity index (χ1v) is 10.8. The van der Waals surface area contributed by atoms with Crippen LogP contribution in [0.15, 0.2) is 42.6 Å². The largest absolute Gasteiger partial charge is 0.490 e. The number of fused-ring (bicyclic) bond motifs is 1. The highest BCUT2D eigenvalue weighted by atomic mass is 19.4. The van der Waals surface area contributed by atoms with Gasteiger partial charge in [0.1, 0.15) is 5.82 Å². The minimum Gasteiger partial charge on any atom is -0.475 e. The number of piperidine rings is 1. The van der Waals surface area contributed by atoms with Crippen LogP contribution in [0.4, 0.5) is 17.6 Å². The number of halogens is 4. The van der Waals surface area contributed by atoms with Crippen LogP contribution in [0.5, 0.6) is 0 Å². The van der Waals surface area contributed by atoms with E-state index < -0.39 is 12.1 Å². The molecule has 0 radical (unpaired) electrons. The van der Waals surface area contributed by atoms with Gasteiger partial charge in [-0.05, 0) is 74.5 Å². The number of hydrogen-bond acceptors (Lipinski definition) is 4. The molecule has 1 saturated heterocycles. The Kier molecular flexibility index (Phi) is 6.64. The van der Waals surface area contributed by atoms with Crippen LogP contribution in [0.3, 0.4) is 0 Å². The summed E-state index contributed by atoms with van der Waals surface area (Å²) in [6, 6.07) is 10.6. The first-order valence-electron chi connectivity index (χ1n) is 10.8. The molecular formula is C23H24F4N4O2. The van der Waals surface area contributed by atoms with E-state index in [0.29, 0.717) is 5.92 Å². The molecule has 10 heteroatoms. The molecule has 176 valence electrons. The molecule has 2 aromatic heterocycles. The molecule has 0 amide bonds. The van der Waals surface area contributed by atoms with E-state index in [4.69, 9.17) is 20.0 Å². The van der Waals surface area contributed by atoms with Gasteiger partial charge in [-0.3, -0.25) is 0 Å². The van der Waals surface area contributed by atoms with Gasteiger partial charge < -0.3 is 10.0 Å². The van der Waals surface area contributed by atoms with Crippen molar-refractivity contribution in [2.75, 3.05) is 19.6 Å². The van der Waals surface area contributed by atoms with Gasteiger partial charge in [0, 0.05) is 24.2 Å². The number of nitrogens with zero attached hydrogens (tertiary/aromatic N) is 4. The number of aliphatic carboxylic acids is 1. The molecule has 1 aliphatic heterocycles. The standard InChI is InChI=1S/C21H23FN4.C2HF3O2/c22-19-3-1-2-17(12-19)18-6-7-20-23-21(24-26(20)14-18)16-8-10-25(11-9-16)13-15-4-5-15;3-2(4,5)1(6)7/h1-3,6-7,12,14-16H,4-5,8-11,13H2;(H,6,7). The summed E-state index contributed by atoms with van der Waals surface area (Å²) < 4.78 is 47.1. The quantitative estimate of drug-likeness (QED) is 0.564. The van der Waals surface area contributed by atoms with Gasteiger partial charge in [0.2, 0.25) is 0 Å². The van der Waals surface area contributed by atoms with Crippen LogP contribution in [0, 0.1) is 11.7 Å². The zero-order valence-electron chi connectivity index (χ0n) is 17.8. The van der Waals surface area contributed by atoms with Crippen molar-refractivity contribution < 1.29 is 27.5 Å². The molecule has 1 N–H and O–H groups in total. The topological polar surface area (TPSA) is 70.7 Å². The lowest BCUT2D eigenvalue weighted by molar-refractivity contribution is -0.192. The molecule has 0 spiro atoms. The minimum atomic E-state index is -5.08. The van der Waals surface area contributed by atoms with E-state index in [-0.39, 0.29) is 5.82 Å². The van der Waals surface area contributed by atoms with E-state index in [1.165, 1.54) is 25.5 Å². The summed E-state index contributed by atoms with van der Waals surface area (Å²) in [5.74, 6) is -0.621. The lowest BCUT2D eigenvalue weighted by Gasteiger charge is -2.30. The molecule has 1 saturated carbocycles. The van der Waals surface area contributed by atoms with Gasteiger partial charge in [-0.1, -0.05) is 12.1 Å². The van der Waals surface area contributed by atoms with Gasteiger partial charge in [0.15, 0.2) is 11.5 Å². The molecule has 6 nitrogen and oxygen atoms in total. The third kappa shape index (κ3) is 6.07. The molecule has 2 fully saturated rings. The smallest absolute Gasteiger partial charge is 0.475 e. The van der Waals surface area contributed by atoms with Crippen LogP contribution in [0.1, 0.15) is 37.4 Å². The van der Waals surface area contributed by atoms with Crippen molar-refractivity contribution >= 4 is 11.6 Å². The van der Waals surface area contributed by atoms with Crippen molar-refractivity contribution in [3.8, 4) is 11.1 Å². The van der Waals surface area contributed by atoms with Crippen molar-refractivity contribution in [2.45, 2.75) is 37.8 Å². The molecule has 0 unspecified atom stereocenters. The van der Waals surface area contributed by atoms with Crippen molar-refractivity contribution in [2.24, 2.45) is 5.92 Å². The highest BCUT2D eigenvalue weighted by molar-refractivity contribution is 5.73. The van der Waals surface area contributed by atoms with Crippen molar-refractivity contribution in [3.63, 3.8) is 0 Å². The molecule has 3 heterocycles. The number of carboxylic acid groups (broad SMARTS) is 1. The second-order valence-corrected chi connectivity index (χ2v) is 8.52. The Morgan fingerprint density at radius 3 is 2.36 bits per heavy atom. The van der Waals surface area contributed by atoms with Gasteiger partial charge in [-0.15, -0.1) is 0 Å². The van der Waals surface area contributed by atoms with Crippen LogP contribution in [-0.2, 0) is 4.79 Å². The van der Waals surface area contributed by atoms with Gasteiger partial charge in [-0.25, -0.2) is 18.7 Å². The van der Waals surface area contributed by atoms with Crippen LogP contribution in [0.25, 0.3) is 16.8 Å². The maximum absolute atomic E-state index is 13.5. The highest BCUT2D eigenvalue weighted by Crippen LogP contribution is 2.33. The number of carbonyl (C=O) groups is 1. The van der Waals surface area contributed by atoms with E-state index >= 15 is 0 Å². The molecule has 0 atom stereocenters. The summed E-state index contributed by atoms with van der Waals surface area (Å²) in [5, 5.41) is 11.9. The third-order valence-electron chi connectivity index (χ3n) is 5.91. The summed E-state index contributed by atoms with van der Waals surface area (Å²) in [7, 11) is 0. The maximum atomic E-state index is 13.5. The van der Waals surface area contributed by atoms with Crippen molar-refractivity contribution in [1.29, 1.82) is 0 Å². The van der Waals surface area contributed by atoms with Gasteiger partial charge in [0.05, 0.1) is 0 Å². The fourth-order valence-corrected chi connectivity index (χ4v) is 3.95. The Bertz CT molecular complexity index is 1120. The normalized spacial score (nSPS) is 17.6. The number of benzene rings is 1. The number of rotatable bonds is 4. The predicted octanol–water partition coefficient (Wildman–Crippen LogP) is 4.76. The first kappa shape index (κ1) is 23.2. The summed E-state index contributed by atoms with van der Waals surface area (Å²) in [6.45, 7) is 3.60. The maximum Gasteiger partial charge on any atom is 0.490 e. The molecule has 3 aromatic rings. The van der Waals surface area contributed by atoms with E-state index in [1.807, 2.05) is 28.9 Å². The highest BCUT2D eigenvalue weighted by Gasteiger charge is 2.38. The summed E-state index contributed by atoms with van der Waals surface area (Å²) in [5.41, 5.74) is 2.67. The Balaban J connectivity index is 0.000000325. The van der Waals surface area contributed by atoms with Gasteiger partial charge in [-0.2, -0.15) is 18.3 Å². The minimum absolute atomic E-state index is 0.222. The number of hydrogen-bond donors (Lipinski definition) is 1. The van der Waals surface area contributed by atoms with Gasteiger partial charge >= 0.3 is 12.1 Å². The number of alkyl halides is 3. The lowest BCUT2D eigenvalue weighted by atomic mass is 9.96. The summed E-state index contributed by atoms with van der Waals surface area (Å²) in [6.07, 6.45) is 1.98. The van der Waals surface area contributed by atoms with Crippen molar-refractivity contribution in [1.82, 2.24) is 19.5 Å². The Labute approximate surface area is 187 Å². The average molecular weight is 464 g/mol. The number of carboxylic acids is 1. The summed E-state index contributed by atoms with van der Waals surface area (Å²) >= 11 is 0. The Morgan fingerprint density at radius 1 is 1.06 bits per heavy atom. The van der Waals surface area contributed by atoms with Crippen molar-refractivity contribution in [3.05, 3.63) is 54.2 Å². The van der Waals surface area contributed by atoms with Crippen LogP contribution < -0.4 is 0 Å². The SMILES string of the molecule is Fc1cccc(-c2ccc3nc(C4CCN(CC5CC5)CC4)nn3c2)c1.O=C(O)C(F)(F)F. The molecule has 1 aliphatic carbocycles. The second kappa shape index (κ2) is 9.46. The van der Waals surface area contributed by atoms with Crippen LogP contribution >= 0.6 is 0 Å².